The van der Waals surface area contributed by atoms with Crippen molar-refractivity contribution in [2.45, 2.75) is 13.8 Å². The third-order valence-corrected chi connectivity index (χ3v) is 6.95. The van der Waals surface area contributed by atoms with E-state index in [9.17, 15) is 9.90 Å². The summed E-state index contributed by atoms with van der Waals surface area (Å²) in [5.74, 6) is 0. The molecule has 0 saturated heterocycles. The number of aromatic nitrogens is 3. The maximum atomic E-state index is 12.8. The number of fused-ring (bicyclic) bond motifs is 1. The van der Waals surface area contributed by atoms with E-state index >= 15 is 0 Å². The summed E-state index contributed by atoms with van der Waals surface area (Å²) in [5.41, 5.74) is 3.60. The first kappa shape index (κ1) is 32.1. The molecule has 0 spiro atoms. The SMILES string of the molecule is CCN(CC)c1ccc2oc(=O)c(-c3cn(-c4ccc(N(CCO)CCOCCOCCOCCO)cc4)nn3)cc2c1. The van der Waals surface area contributed by atoms with Gasteiger partial charge in [0.2, 0.25) is 0 Å². The molecule has 2 aromatic carbocycles. The number of ether oxygens (including phenoxy) is 3. The van der Waals surface area contributed by atoms with Crippen LogP contribution < -0.4 is 15.4 Å². The van der Waals surface area contributed by atoms with Crippen molar-refractivity contribution in [2.75, 3.05) is 88.8 Å². The van der Waals surface area contributed by atoms with E-state index in [1.165, 1.54) is 0 Å². The normalized spacial score (nSPS) is 11.3. The van der Waals surface area contributed by atoms with E-state index in [2.05, 4.69) is 29.1 Å². The summed E-state index contributed by atoms with van der Waals surface area (Å²) in [6, 6.07) is 15.3. The monoisotopic (exact) mass is 595 g/mol. The molecule has 12 nitrogen and oxygen atoms in total. The summed E-state index contributed by atoms with van der Waals surface area (Å²) < 4.78 is 23.5. The van der Waals surface area contributed by atoms with E-state index in [1.807, 2.05) is 47.4 Å². The van der Waals surface area contributed by atoms with Crippen molar-refractivity contribution in [1.82, 2.24) is 15.0 Å². The molecular formula is C31H41N5O7. The van der Waals surface area contributed by atoms with Crippen molar-refractivity contribution in [2.24, 2.45) is 0 Å². The molecule has 232 valence electrons. The molecule has 2 heterocycles. The molecule has 0 fully saturated rings. The van der Waals surface area contributed by atoms with Crippen LogP contribution in [0.2, 0.25) is 0 Å². The minimum atomic E-state index is -0.467. The standard InChI is InChI=1S/C31H41N5O7/c1-3-34(4-2)27-9-10-30-24(21-27)22-28(31(39)43-30)29-23-36(33-32-29)26-7-5-25(6-8-26)35(11-13-37)12-15-40-17-19-42-20-18-41-16-14-38/h5-10,21-23,37-38H,3-4,11-20H2,1-2H3. The van der Waals surface area contributed by atoms with Gasteiger partial charge in [0.05, 0.1) is 70.3 Å². The second-order valence-electron chi connectivity index (χ2n) is 9.68. The highest BCUT2D eigenvalue weighted by Crippen LogP contribution is 2.25. The summed E-state index contributed by atoms with van der Waals surface area (Å²) in [6.45, 7) is 9.62. The second-order valence-corrected chi connectivity index (χ2v) is 9.68. The van der Waals surface area contributed by atoms with Crippen LogP contribution in [-0.2, 0) is 14.2 Å². The molecule has 4 aromatic rings. The molecule has 0 radical (unpaired) electrons. The zero-order chi connectivity index (χ0) is 30.4. The van der Waals surface area contributed by atoms with Gasteiger partial charge in [0.25, 0.3) is 0 Å². The van der Waals surface area contributed by atoms with E-state index in [0.29, 0.717) is 69.6 Å². The third-order valence-electron chi connectivity index (χ3n) is 6.95. The van der Waals surface area contributed by atoms with Gasteiger partial charge < -0.3 is 38.6 Å². The molecule has 0 aliphatic heterocycles. The average Bonchev–Trinajstić information content (AvgIpc) is 3.52. The largest absolute Gasteiger partial charge is 0.422 e. The van der Waals surface area contributed by atoms with Crippen LogP contribution in [0.25, 0.3) is 27.9 Å². The van der Waals surface area contributed by atoms with Crippen LogP contribution in [0.4, 0.5) is 11.4 Å². The Bertz CT molecular complexity index is 1450. The molecule has 2 aromatic heterocycles. The first-order chi connectivity index (χ1) is 21.1. The number of hydrogen-bond acceptors (Lipinski definition) is 11. The van der Waals surface area contributed by atoms with Gasteiger partial charge in [-0.3, -0.25) is 0 Å². The molecular weight excluding hydrogens is 554 g/mol. The number of benzene rings is 2. The average molecular weight is 596 g/mol. The minimum absolute atomic E-state index is 0.00220. The first-order valence-electron chi connectivity index (χ1n) is 14.6. The number of aliphatic hydroxyl groups is 2. The molecule has 0 saturated carbocycles. The lowest BCUT2D eigenvalue weighted by Crippen LogP contribution is -2.30. The fourth-order valence-corrected chi connectivity index (χ4v) is 4.68. The molecule has 0 aliphatic carbocycles. The maximum Gasteiger partial charge on any atom is 0.345 e. The van der Waals surface area contributed by atoms with Crippen LogP contribution in [0.15, 0.2) is 63.9 Å². The maximum absolute atomic E-state index is 12.8. The smallest absolute Gasteiger partial charge is 0.345 e. The van der Waals surface area contributed by atoms with E-state index in [-0.39, 0.29) is 13.2 Å². The van der Waals surface area contributed by atoms with Crippen LogP contribution in [0.1, 0.15) is 13.8 Å². The number of hydrogen-bond donors (Lipinski definition) is 2. The van der Waals surface area contributed by atoms with Crippen molar-refractivity contribution in [3.05, 3.63) is 65.1 Å². The van der Waals surface area contributed by atoms with Gasteiger partial charge in [-0.25, -0.2) is 9.48 Å². The topological polar surface area (TPSA) is 136 Å². The van der Waals surface area contributed by atoms with E-state index in [0.717, 1.165) is 35.5 Å². The van der Waals surface area contributed by atoms with Gasteiger partial charge in [-0.05, 0) is 62.4 Å². The lowest BCUT2D eigenvalue weighted by atomic mass is 10.1. The second kappa shape index (κ2) is 16.7. The summed E-state index contributed by atoms with van der Waals surface area (Å²) in [4.78, 5) is 17.1. The van der Waals surface area contributed by atoms with Gasteiger partial charge >= 0.3 is 5.63 Å². The summed E-state index contributed by atoms with van der Waals surface area (Å²) in [6.07, 6.45) is 1.71. The molecule has 0 aliphatic rings. The predicted molar refractivity (Wildman–Crippen MR) is 165 cm³/mol. The van der Waals surface area contributed by atoms with Crippen molar-refractivity contribution in [3.8, 4) is 16.9 Å². The summed E-state index contributed by atoms with van der Waals surface area (Å²) in [7, 11) is 0. The molecule has 4 rings (SSSR count). The van der Waals surface area contributed by atoms with Crippen LogP contribution in [-0.4, -0.2) is 104 Å². The van der Waals surface area contributed by atoms with Gasteiger partial charge in [0.1, 0.15) is 11.3 Å². The van der Waals surface area contributed by atoms with Crippen LogP contribution >= 0.6 is 0 Å². The molecule has 43 heavy (non-hydrogen) atoms. The molecule has 0 atom stereocenters. The first-order valence-corrected chi connectivity index (χ1v) is 14.6. The van der Waals surface area contributed by atoms with Gasteiger partial charge in [-0.1, -0.05) is 5.21 Å². The van der Waals surface area contributed by atoms with Gasteiger partial charge in [0, 0.05) is 42.9 Å². The highest BCUT2D eigenvalue weighted by molar-refractivity contribution is 5.84. The summed E-state index contributed by atoms with van der Waals surface area (Å²) in [5, 5.41) is 27.6. The van der Waals surface area contributed by atoms with Crippen molar-refractivity contribution in [1.29, 1.82) is 0 Å². The Hall–Kier alpha value is -3.81. The number of rotatable bonds is 19. The Morgan fingerprint density at radius 1 is 0.791 bits per heavy atom. The highest BCUT2D eigenvalue weighted by atomic mass is 16.5. The van der Waals surface area contributed by atoms with E-state index in [4.69, 9.17) is 23.7 Å². The molecule has 2 N–H and O–H groups in total. The zero-order valence-corrected chi connectivity index (χ0v) is 24.9. The number of nitrogens with zero attached hydrogens (tertiary/aromatic N) is 5. The number of anilines is 2. The van der Waals surface area contributed by atoms with Crippen LogP contribution in [0.3, 0.4) is 0 Å². The molecule has 0 unspecified atom stereocenters. The molecule has 0 amide bonds. The number of aliphatic hydroxyl groups excluding tert-OH is 2. The molecule has 12 heteroatoms. The molecule has 0 bridgehead atoms. The lowest BCUT2D eigenvalue weighted by molar-refractivity contribution is 0.00869. The fourth-order valence-electron chi connectivity index (χ4n) is 4.68. The van der Waals surface area contributed by atoms with Gasteiger partial charge in [-0.2, -0.15) is 0 Å². The van der Waals surface area contributed by atoms with Gasteiger partial charge in [0.15, 0.2) is 0 Å². The van der Waals surface area contributed by atoms with Crippen molar-refractivity contribution < 1.29 is 28.8 Å². The Morgan fingerprint density at radius 2 is 1.47 bits per heavy atom. The van der Waals surface area contributed by atoms with Crippen molar-refractivity contribution in [3.63, 3.8) is 0 Å². The Labute approximate surface area is 251 Å². The highest BCUT2D eigenvalue weighted by Gasteiger charge is 2.14. The van der Waals surface area contributed by atoms with Gasteiger partial charge in [-0.15, -0.1) is 5.10 Å². The fraction of sp³-hybridized carbons (Fsp3) is 0.452. The zero-order valence-electron chi connectivity index (χ0n) is 24.9. The van der Waals surface area contributed by atoms with E-state index < -0.39 is 5.63 Å². The Balaban J connectivity index is 1.37. The van der Waals surface area contributed by atoms with Crippen LogP contribution in [0.5, 0.6) is 0 Å². The third kappa shape index (κ3) is 8.85. The van der Waals surface area contributed by atoms with E-state index in [1.54, 1.807) is 16.9 Å². The predicted octanol–water partition coefficient (Wildman–Crippen LogP) is 2.73. The van der Waals surface area contributed by atoms with Crippen LogP contribution in [0, 0.1) is 0 Å². The summed E-state index contributed by atoms with van der Waals surface area (Å²) >= 11 is 0. The minimum Gasteiger partial charge on any atom is -0.422 e. The van der Waals surface area contributed by atoms with Crippen molar-refractivity contribution >= 4 is 22.3 Å². The Kier molecular flexibility index (Phi) is 12.5. The quantitative estimate of drug-likeness (QED) is 0.122. The lowest BCUT2D eigenvalue weighted by Gasteiger charge is -2.24. The Morgan fingerprint density at radius 3 is 2.14 bits per heavy atom.